The summed E-state index contributed by atoms with van der Waals surface area (Å²) in [5.41, 5.74) is 0. The van der Waals surface area contributed by atoms with Gasteiger partial charge in [-0.1, -0.05) is 18.5 Å². The number of hydrogen-bond acceptors (Lipinski definition) is 2. The summed E-state index contributed by atoms with van der Waals surface area (Å²) in [6.07, 6.45) is 1.10. The van der Waals surface area contributed by atoms with E-state index in [4.69, 9.17) is 11.6 Å². The molecule has 0 radical (unpaired) electrons. The first kappa shape index (κ1) is 13.3. The van der Waals surface area contributed by atoms with E-state index in [1.807, 2.05) is 0 Å². The molecule has 0 amide bonds. The third kappa shape index (κ3) is 3.22. The van der Waals surface area contributed by atoms with Crippen LogP contribution >= 0.6 is 27.5 Å². The van der Waals surface area contributed by atoms with Crippen molar-refractivity contribution in [3.05, 3.63) is 27.7 Å². The van der Waals surface area contributed by atoms with Crippen molar-refractivity contribution in [2.75, 3.05) is 6.54 Å². The van der Waals surface area contributed by atoms with Gasteiger partial charge in [0.15, 0.2) is 0 Å². The van der Waals surface area contributed by atoms with Crippen molar-refractivity contribution in [1.82, 2.24) is 4.72 Å². The zero-order valence-corrected chi connectivity index (χ0v) is 12.4. The number of sulfonamides is 1. The Bertz CT molecular complexity index is 532. The average Bonchev–Trinajstić information content (AvgIpc) is 2.96. The van der Waals surface area contributed by atoms with Gasteiger partial charge in [-0.05, 0) is 52.4 Å². The zero-order chi connectivity index (χ0) is 12.6. The van der Waals surface area contributed by atoms with E-state index in [0.717, 1.165) is 6.42 Å². The lowest BCUT2D eigenvalue weighted by atomic mass is 10.3. The molecular formula is C11H13BrClNO2S. The fourth-order valence-corrected chi connectivity index (χ4v) is 3.40. The van der Waals surface area contributed by atoms with Crippen LogP contribution in [0.4, 0.5) is 0 Å². The molecule has 3 nitrogen and oxygen atoms in total. The SMILES string of the molecule is CC1CC1CNS(=O)(=O)c1ccc(Cl)c(Br)c1. The maximum Gasteiger partial charge on any atom is 0.240 e. The lowest BCUT2D eigenvalue weighted by molar-refractivity contribution is 0.574. The maximum atomic E-state index is 12.0. The minimum absolute atomic E-state index is 0.238. The minimum atomic E-state index is -3.42. The molecule has 0 saturated heterocycles. The highest BCUT2D eigenvalue weighted by atomic mass is 79.9. The highest BCUT2D eigenvalue weighted by Crippen LogP contribution is 2.37. The van der Waals surface area contributed by atoms with E-state index in [1.54, 1.807) is 6.07 Å². The number of benzene rings is 1. The predicted octanol–water partition coefficient (Wildman–Crippen LogP) is 3.04. The molecule has 2 atom stereocenters. The standard InChI is InChI=1S/C11H13BrClNO2S/c1-7-4-8(7)6-14-17(15,16)9-2-3-11(13)10(12)5-9/h2-3,5,7-8,14H,4,6H2,1H3. The quantitative estimate of drug-likeness (QED) is 0.917. The molecule has 0 heterocycles. The second-order valence-electron chi connectivity index (χ2n) is 4.40. The van der Waals surface area contributed by atoms with Crippen LogP contribution in [0.15, 0.2) is 27.6 Å². The predicted molar refractivity (Wildman–Crippen MR) is 71.6 cm³/mol. The first-order valence-electron chi connectivity index (χ1n) is 5.35. The Hall–Kier alpha value is -0.100. The van der Waals surface area contributed by atoms with Gasteiger partial charge in [0, 0.05) is 11.0 Å². The Morgan fingerprint density at radius 2 is 2.18 bits per heavy atom. The maximum absolute atomic E-state index is 12.0. The lowest BCUT2D eigenvalue weighted by Crippen LogP contribution is -2.26. The highest BCUT2D eigenvalue weighted by Gasteiger charge is 2.33. The molecule has 17 heavy (non-hydrogen) atoms. The average molecular weight is 339 g/mol. The second-order valence-corrected chi connectivity index (χ2v) is 7.43. The van der Waals surface area contributed by atoms with Crippen LogP contribution in [0, 0.1) is 11.8 Å². The Morgan fingerprint density at radius 3 is 2.71 bits per heavy atom. The molecule has 2 unspecified atom stereocenters. The van der Waals surface area contributed by atoms with Crippen molar-refractivity contribution in [2.45, 2.75) is 18.2 Å². The Balaban J connectivity index is 2.10. The topological polar surface area (TPSA) is 46.2 Å². The number of rotatable bonds is 4. The van der Waals surface area contributed by atoms with Gasteiger partial charge in [-0.15, -0.1) is 0 Å². The fraction of sp³-hybridized carbons (Fsp3) is 0.455. The molecule has 1 aromatic carbocycles. The van der Waals surface area contributed by atoms with E-state index in [0.29, 0.717) is 27.9 Å². The Labute approximate surface area is 115 Å². The van der Waals surface area contributed by atoms with Crippen LogP contribution in [-0.2, 0) is 10.0 Å². The van der Waals surface area contributed by atoms with Gasteiger partial charge < -0.3 is 0 Å². The molecule has 94 valence electrons. The summed E-state index contributed by atoms with van der Waals surface area (Å²) in [4.78, 5) is 0.238. The van der Waals surface area contributed by atoms with Gasteiger partial charge in [-0.2, -0.15) is 0 Å². The van der Waals surface area contributed by atoms with Gasteiger partial charge in [0.1, 0.15) is 0 Å². The van der Waals surface area contributed by atoms with Crippen molar-refractivity contribution in [1.29, 1.82) is 0 Å². The van der Waals surface area contributed by atoms with Crippen LogP contribution < -0.4 is 4.72 Å². The fourth-order valence-electron chi connectivity index (χ4n) is 1.63. The van der Waals surface area contributed by atoms with Crippen LogP contribution in [0.25, 0.3) is 0 Å². The first-order chi connectivity index (χ1) is 7.90. The van der Waals surface area contributed by atoms with Crippen LogP contribution in [-0.4, -0.2) is 15.0 Å². The highest BCUT2D eigenvalue weighted by molar-refractivity contribution is 9.10. The molecule has 2 rings (SSSR count). The molecule has 6 heteroatoms. The summed E-state index contributed by atoms with van der Waals surface area (Å²) in [7, 11) is -3.42. The third-order valence-electron chi connectivity index (χ3n) is 3.01. The summed E-state index contributed by atoms with van der Waals surface area (Å²) >= 11 is 9.04. The minimum Gasteiger partial charge on any atom is -0.211 e. The summed E-state index contributed by atoms with van der Waals surface area (Å²) < 4.78 is 27.1. The molecule has 1 aliphatic rings. The largest absolute Gasteiger partial charge is 0.240 e. The monoisotopic (exact) mass is 337 g/mol. The smallest absolute Gasteiger partial charge is 0.211 e. The van der Waals surface area contributed by atoms with E-state index in [9.17, 15) is 8.42 Å². The van der Waals surface area contributed by atoms with Crippen molar-refractivity contribution in [3.8, 4) is 0 Å². The number of halogens is 2. The summed E-state index contributed by atoms with van der Waals surface area (Å²) in [6.45, 7) is 2.64. The number of nitrogens with one attached hydrogen (secondary N) is 1. The molecule has 1 saturated carbocycles. The zero-order valence-electron chi connectivity index (χ0n) is 9.28. The molecule has 0 aromatic heterocycles. The van der Waals surface area contributed by atoms with E-state index >= 15 is 0 Å². The van der Waals surface area contributed by atoms with Crippen molar-refractivity contribution in [2.24, 2.45) is 11.8 Å². The first-order valence-corrected chi connectivity index (χ1v) is 8.00. The van der Waals surface area contributed by atoms with E-state index in [1.165, 1.54) is 12.1 Å². The van der Waals surface area contributed by atoms with Crippen LogP contribution in [0.3, 0.4) is 0 Å². The summed E-state index contributed by atoms with van der Waals surface area (Å²) in [6, 6.07) is 4.59. The third-order valence-corrected chi connectivity index (χ3v) is 5.65. The molecular weight excluding hydrogens is 326 g/mol. The van der Waals surface area contributed by atoms with Gasteiger partial charge in [-0.25, -0.2) is 13.1 Å². The van der Waals surface area contributed by atoms with Crippen LogP contribution in [0.2, 0.25) is 5.02 Å². The van der Waals surface area contributed by atoms with Gasteiger partial charge in [0.2, 0.25) is 10.0 Å². The Morgan fingerprint density at radius 1 is 1.53 bits per heavy atom. The van der Waals surface area contributed by atoms with E-state index < -0.39 is 10.0 Å². The molecule has 0 aliphatic heterocycles. The van der Waals surface area contributed by atoms with Crippen molar-refractivity contribution in [3.63, 3.8) is 0 Å². The van der Waals surface area contributed by atoms with E-state index in [-0.39, 0.29) is 4.90 Å². The Kier molecular flexibility index (Phi) is 3.83. The molecule has 1 fully saturated rings. The molecule has 1 aromatic rings. The molecule has 1 aliphatic carbocycles. The normalized spacial score (nSPS) is 23.7. The summed E-state index contributed by atoms with van der Waals surface area (Å²) in [5, 5.41) is 0.500. The van der Waals surface area contributed by atoms with Crippen LogP contribution in [0.5, 0.6) is 0 Å². The lowest BCUT2D eigenvalue weighted by Gasteiger charge is -2.07. The van der Waals surface area contributed by atoms with Gasteiger partial charge in [0.05, 0.1) is 9.92 Å². The van der Waals surface area contributed by atoms with Gasteiger partial charge in [0.25, 0.3) is 0 Å². The van der Waals surface area contributed by atoms with Crippen LogP contribution in [0.1, 0.15) is 13.3 Å². The molecule has 0 spiro atoms. The van der Waals surface area contributed by atoms with Gasteiger partial charge in [-0.3, -0.25) is 0 Å². The van der Waals surface area contributed by atoms with Gasteiger partial charge >= 0.3 is 0 Å². The van der Waals surface area contributed by atoms with Crippen molar-refractivity contribution >= 4 is 37.6 Å². The second kappa shape index (κ2) is 4.88. The molecule has 1 N–H and O–H groups in total. The number of hydrogen-bond donors (Lipinski definition) is 1. The molecule has 0 bridgehead atoms. The van der Waals surface area contributed by atoms with Crippen molar-refractivity contribution < 1.29 is 8.42 Å². The summed E-state index contributed by atoms with van der Waals surface area (Å²) in [5.74, 6) is 1.12. The van der Waals surface area contributed by atoms with E-state index in [2.05, 4.69) is 27.6 Å².